The van der Waals surface area contributed by atoms with E-state index in [0.717, 1.165) is 16.9 Å². The number of ether oxygens (including phenoxy) is 1. The summed E-state index contributed by atoms with van der Waals surface area (Å²) in [5.74, 6) is -0.161. The van der Waals surface area contributed by atoms with Crippen molar-refractivity contribution in [3.05, 3.63) is 29.8 Å². The van der Waals surface area contributed by atoms with Crippen LogP contribution < -0.4 is 0 Å². The van der Waals surface area contributed by atoms with Crippen molar-refractivity contribution < 1.29 is 14.6 Å². The molecule has 1 aromatic rings. The minimum absolute atomic E-state index is 0.0417. The summed E-state index contributed by atoms with van der Waals surface area (Å²) in [7, 11) is 0. The zero-order valence-corrected chi connectivity index (χ0v) is 11.0. The van der Waals surface area contributed by atoms with E-state index in [9.17, 15) is 4.79 Å². The summed E-state index contributed by atoms with van der Waals surface area (Å²) in [5, 5.41) is 8.78. The molecule has 17 heavy (non-hydrogen) atoms. The molecular formula is C13H18O3S. The third-order valence-electron chi connectivity index (χ3n) is 2.30. The van der Waals surface area contributed by atoms with E-state index in [4.69, 9.17) is 9.84 Å². The van der Waals surface area contributed by atoms with Crippen LogP contribution in [0.25, 0.3) is 0 Å². The van der Waals surface area contributed by atoms with E-state index in [1.165, 1.54) is 11.8 Å². The SMILES string of the molecule is CCOC(=O)C(CC)Sc1ccc(CO)cc1. The molecule has 1 unspecified atom stereocenters. The van der Waals surface area contributed by atoms with Gasteiger partial charge >= 0.3 is 5.97 Å². The van der Waals surface area contributed by atoms with Crippen LogP contribution in [0.5, 0.6) is 0 Å². The molecule has 0 saturated carbocycles. The lowest BCUT2D eigenvalue weighted by Gasteiger charge is -2.13. The van der Waals surface area contributed by atoms with Crippen LogP contribution in [0.3, 0.4) is 0 Å². The summed E-state index contributed by atoms with van der Waals surface area (Å²) in [5.41, 5.74) is 0.874. The van der Waals surface area contributed by atoms with Gasteiger partial charge in [-0.15, -0.1) is 11.8 Å². The Labute approximate surface area is 106 Å². The lowest BCUT2D eigenvalue weighted by Crippen LogP contribution is -2.19. The van der Waals surface area contributed by atoms with Gasteiger partial charge in [-0.25, -0.2) is 0 Å². The third-order valence-corrected chi connectivity index (χ3v) is 3.66. The van der Waals surface area contributed by atoms with Crippen molar-refractivity contribution >= 4 is 17.7 Å². The fourth-order valence-electron chi connectivity index (χ4n) is 1.37. The maximum atomic E-state index is 11.6. The van der Waals surface area contributed by atoms with Crippen molar-refractivity contribution in [1.82, 2.24) is 0 Å². The largest absolute Gasteiger partial charge is 0.465 e. The number of hydrogen-bond donors (Lipinski definition) is 1. The van der Waals surface area contributed by atoms with Crippen molar-refractivity contribution in [2.75, 3.05) is 6.61 Å². The van der Waals surface area contributed by atoms with Crippen molar-refractivity contribution in [1.29, 1.82) is 0 Å². The first kappa shape index (κ1) is 14.1. The van der Waals surface area contributed by atoms with Gasteiger partial charge in [0.1, 0.15) is 5.25 Å². The Kier molecular flexibility index (Phi) is 6.08. The Morgan fingerprint density at radius 1 is 1.35 bits per heavy atom. The number of aliphatic hydroxyl groups is 1. The molecule has 94 valence electrons. The van der Waals surface area contributed by atoms with Crippen molar-refractivity contribution in [3.63, 3.8) is 0 Å². The number of aliphatic hydroxyl groups excluding tert-OH is 1. The van der Waals surface area contributed by atoms with Crippen molar-refractivity contribution in [2.45, 2.75) is 37.0 Å². The molecule has 0 aliphatic carbocycles. The summed E-state index contributed by atoms with van der Waals surface area (Å²) in [4.78, 5) is 12.6. The lowest BCUT2D eigenvalue weighted by atomic mass is 10.2. The van der Waals surface area contributed by atoms with Gasteiger partial charge in [0.25, 0.3) is 0 Å². The minimum atomic E-state index is -0.161. The van der Waals surface area contributed by atoms with E-state index >= 15 is 0 Å². The Morgan fingerprint density at radius 3 is 2.47 bits per heavy atom. The van der Waals surface area contributed by atoms with E-state index < -0.39 is 0 Å². The molecule has 0 saturated heterocycles. The molecule has 0 radical (unpaired) electrons. The van der Waals surface area contributed by atoms with E-state index in [-0.39, 0.29) is 17.8 Å². The predicted molar refractivity (Wildman–Crippen MR) is 68.9 cm³/mol. The van der Waals surface area contributed by atoms with Crippen molar-refractivity contribution in [3.8, 4) is 0 Å². The average Bonchev–Trinajstić information content (AvgIpc) is 2.37. The normalized spacial score (nSPS) is 12.2. The number of esters is 1. The smallest absolute Gasteiger partial charge is 0.319 e. The highest BCUT2D eigenvalue weighted by Gasteiger charge is 2.18. The van der Waals surface area contributed by atoms with Crippen LogP contribution in [0.15, 0.2) is 29.2 Å². The fraction of sp³-hybridized carbons (Fsp3) is 0.462. The van der Waals surface area contributed by atoms with Gasteiger partial charge in [0.15, 0.2) is 0 Å². The van der Waals surface area contributed by atoms with Gasteiger partial charge in [-0.05, 0) is 31.0 Å². The highest BCUT2D eigenvalue weighted by Crippen LogP contribution is 2.26. The fourth-order valence-corrected chi connectivity index (χ4v) is 2.32. The highest BCUT2D eigenvalue weighted by atomic mass is 32.2. The van der Waals surface area contributed by atoms with Gasteiger partial charge in [-0.2, -0.15) is 0 Å². The molecule has 0 fully saturated rings. The molecule has 1 aromatic carbocycles. The van der Waals surface area contributed by atoms with Crippen molar-refractivity contribution in [2.24, 2.45) is 0 Å². The molecule has 0 aliphatic heterocycles. The molecule has 1 N–H and O–H groups in total. The van der Waals surface area contributed by atoms with Crippen LogP contribution in [0.2, 0.25) is 0 Å². The predicted octanol–water partition coefficient (Wildman–Crippen LogP) is 2.61. The van der Waals surface area contributed by atoms with E-state index in [1.807, 2.05) is 38.1 Å². The zero-order chi connectivity index (χ0) is 12.7. The number of hydrogen-bond acceptors (Lipinski definition) is 4. The van der Waals surface area contributed by atoms with Gasteiger partial charge in [0.2, 0.25) is 0 Å². The van der Waals surface area contributed by atoms with Crippen LogP contribution in [-0.2, 0) is 16.1 Å². The lowest BCUT2D eigenvalue weighted by molar-refractivity contribution is -0.142. The van der Waals surface area contributed by atoms with Gasteiger partial charge in [-0.1, -0.05) is 19.1 Å². The molecule has 0 spiro atoms. The topological polar surface area (TPSA) is 46.5 Å². The number of carbonyl (C=O) groups excluding carboxylic acids is 1. The first-order valence-corrected chi connectivity index (χ1v) is 6.62. The summed E-state index contributed by atoms with van der Waals surface area (Å²) >= 11 is 1.50. The molecule has 0 aliphatic rings. The molecule has 0 amide bonds. The van der Waals surface area contributed by atoms with Gasteiger partial charge in [-0.3, -0.25) is 4.79 Å². The average molecular weight is 254 g/mol. The number of rotatable bonds is 6. The molecule has 3 nitrogen and oxygen atoms in total. The molecule has 0 heterocycles. The Balaban J connectivity index is 2.63. The standard InChI is InChI=1S/C13H18O3S/c1-3-12(13(15)16-4-2)17-11-7-5-10(9-14)6-8-11/h5-8,12,14H,3-4,9H2,1-2H3. The number of thioether (sulfide) groups is 1. The first-order chi connectivity index (χ1) is 8.21. The molecule has 1 atom stereocenters. The Morgan fingerprint density at radius 2 is 2.00 bits per heavy atom. The van der Waals surface area contributed by atoms with Gasteiger partial charge in [0.05, 0.1) is 13.2 Å². The maximum Gasteiger partial charge on any atom is 0.319 e. The third kappa shape index (κ3) is 4.40. The van der Waals surface area contributed by atoms with Crippen LogP contribution in [0, 0.1) is 0 Å². The Hall–Kier alpha value is -1.00. The van der Waals surface area contributed by atoms with E-state index in [2.05, 4.69) is 0 Å². The van der Waals surface area contributed by atoms with Crippen LogP contribution in [0.1, 0.15) is 25.8 Å². The quantitative estimate of drug-likeness (QED) is 0.626. The first-order valence-electron chi connectivity index (χ1n) is 5.74. The molecule has 4 heteroatoms. The molecule has 0 aromatic heterocycles. The minimum Gasteiger partial charge on any atom is -0.465 e. The van der Waals surface area contributed by atoms with Crippen LogP contribution in [0.4, 0.5) is 0 Å². The molecule has 1 rings (SSSR count). The molecule has 0 bridgehead atoms. The summed E-state index contributed by atoms with van der Waals surface area (Å²) in [6, 6.07) is 7.55. The van der Waals surface area contributed by atoms with E-state index in [0.29, 0.717) is 6.61 Å². The second-order valence-corrected chi connectivity index (χ2v) is 4.84. The zero-order valence-electron chi connectivity index (χ0n) is 10.2. The highest BCUT2D eigenvalue weighted by molar-refractivity contribution is 8.00. The summed E-state index contributed by atoms with van der Waals surface area (Å²) < 4.78 is 5.01. The second kappa shape index (κ2) is 7.35. The van der Waals surface area contributed by atoms with Crippen LogP contribution >= 0.6 is 11.8 Å². The second-order valence-electron chi connectivity index (χ2n) is 3.57. The Bertz CT molecular complexity index is 348. The maximum absolute atomic E-state index is 11.6. The number of benzene rings is 1. The summed E-state index contributed by atoms with van der Waals surface area (Å²) in [6.45, 7) is 4.24. The van der Waals surface area contributed by atoms with Gasteiger partial charge < -0.3 is 9.84 Å². The summed E-state index contributed by atoms with van der Waals surface area (Å²) in [6.07, 6.45) is 0.741. The van der Waals surface area contributed by atoms with E-state index in [1.54, 1.807) is 0 Å². The monoisotopic (exact) mass is 254 g/mol. The number of carbonyl (C=O) groups is 1. The molecular weight excluding hydrogens is 236 g/mol. The van der Waals surface area contributed by atoms with Crippen LogP contribution in [-0.4, -0.2) is 22.9 Å². The van der Waals surface area contributed by atoms with Gasteiger partial charge in [0, 0.05) is 4.90 Å².